The van der Waals surface area contributed by atoms with Crippen LogP contribution in [0.1, 0.15) is 33.3 Å². The van der Waals surface area contributed by atoms with Crippen molar-refractivity contribution in [2.24, 2.45) is 7.05 Å². The normalized spacial score (nSPS) is 19.6. The highest BCUT2D eigenvalue weighted by Gasteiger charge is 2.52. The molecule has 1 aliphatic rings. The van der Waals surface area contributed by atoms with Crippen LogP contribution in [0.3, 0.4) is 0 Å². The molecule has 1 aliphatic heterocycles. The molecule has 1 fully saturated rings. The van der Waals surface area contributed by atoms with E-state index in [2.05, 4.69) is 46.8 Å². The highest BCUT2D eigenvalue weighted by Crippen LogP contribution is 2.36. The lowest BCUT2D eigenvalue weighted by Crippen LogP contribution is -2.41. The van der Waals surface area contributed by atoms with Gasteiger partial charge in [-0.3, -0.25) is 0 Å². The van der Waals surface area contributed by atoms with E-state index in [4.69, 9.17) is 14.3 Å². The van der Waals surface area contributed by atoms with Gasteiger partial charge >= 0.3 is 7.12 Å². The van der Waals surface area contributed by atoms with Crippen molar-refractivity contribution in [3.8, 4) is 11.4 Å². The fraction of sp³-hybridized carbons (Fsp3) is 0.471. The van der Waals surface area contributed by atoms with E-state index < -0.39 is 7.12 Å². The topological polar surface area (TPSA) is 36.3 Å². The van der Waals surface area contributed by atoms with Gasteiger partial charge in [0.1, 0.15) is 5.82 Å². The van der Waals surface area contributed by atoms with E-state index in [1.165, 1.54) is 5.56 Å². The molecule has 1 saturated heterocycles. The molecule has 0 aliphatic carbocycles. The molecule has 0 radical (unpaired) electrons. The molecular weight excluding hydrogens is 275 g/mol. The quantitative estimate of drug-likeness (QED) is 0.800. The van der Waals surface area contributed by atoms with Crippen LogP contribution in [0.5, 0.6) is 0 Å². The Morgan fingerprint density at radius 2 is 1.64 bits per heavy atom. The van der Waals surface area contributed by atoms with Gasteiger partial charge in [-0.1, -0.05) is 24.3 Å². The molecule has 0 saturated carbocycles. The molecule has 3 rings (SSSR count). The summed E-state index contributed by atoms with van der Waals surface area (Å²) in [6, 6.07) is 8.26. The van der Waals surface area contributed by atoms with Crippen molar-refractivity contribution < 1.29 is 9.31 Å². The van der Waals surface area contributed by atoms with E-state index in [-0.39, 0.29) is 11.2 Å². The fourth-order valence-electron chi connectivity index (χ4n) is 2.64. The summed E-state index contributed by atoms with van der Waals surface area (Å²) < 4.78 is 14.2. The summed E-state index contributed by atoms with van der Waals surface area (Å²) in [6.45, 7) is 10.3. The summed E-state index contributed by atoms with van der Waals surface area (Å²) in [5.74, 6) is 0.933. The lowest BCUT2D eigenvalue weighted by atomic mass is 9.86. The van der Waals surface area contributed by atoms with E-state index in [0.29, 0.717) is 0 Å². The Bertz CT molecular complexity index is 690. The molecule has 22 heavy (non-hydrogen) atoms. The highest BCUT2D eigenvalue weighted by molar-refractivity contribution is 6.61. The fourth-order valence-corrected chi connectivity index (χ4v) is 2.64. The van der Waals surface area contributed by atoms with Crippen molar-refractivity contribution in [1.29, 1.82) is 0 Å². The van der Waals surface area contributed by atoms with E-state index >= 15 is 0 Å². The van der Waals surface area contributed by atoms with Crippen LogP contribution >= 0.6 is 0 Å². The van der Waals surface area contributed by atoms with E-state index in [0.717, 1.165) is 17.0 Å². The van der Waals surface area contributed by atoms with Gasteiger partial charge < -0.3 is 13.9 Å². The molecule has 2 heterocycles. The Labute approximate surface area is 132 Å². The molecule has 1 aromatic heterocycles. The number of aryl methyl sites for hydroxylation is 2. The number of nitrogens with zero attached hydrogens (tertiary/aromatic N) is 2. The van der Waals surface area contributed by atoms with Crippen LogP contribution in [-0.2, 0) is 16.4 Å². The van der Waals surface area contributed by atoms with Gasteiger partial charge in [-0.15, -0.1) is 0 Å². The van der Waals surface area contributed by atoms with Gasteiger partial charge in [-0.05, 0) is 40.2 Å². The molecule has 4 nitrogen and oxygen atoms in total. The second-order valence-electron chi connectivity index (χ2n) is 7.00. The molecule has 116 valence electrons. The maximum absolute atomic E-state index is 6.09. The van der Waals surface area contributed by atoms with Gasteiger partial charge in [-0.25, -0.2) is 4.98 Å². The Kier molecular flexibility index (Phi) is 3.46. The number of imidazole rings is 1. The Balaban J connectivity index is 1.96. The third-order valence-electron chi connectivity index (χ3n) is 4.78. The van der Waals surface area contributed by atoms with Crippen molar-refractivity contribution in [3.05, 3.63) is 36.0 Å². The third kappa shape index (κ3) is 2.38. The summed E-state index contributed by atoms with van der Waals surface area (Å²) in [4.78, 5) is 4.77. The molecule has 0 bridgehead atoms. The van der Waals surface area contributed by atoms with Gasteiger partial charge in [0.05, 0.1) is 16.8 Å². The van der Waals surface area contributed by atoms with Crippen molar-refractivity contribution in [2.45, 2.75) is 45.8 Å². The number of rotatable bonds is 2. The molecule has 2 aromatic rings. The zero-order valence-corrected chi connectivity index (χ0v) is 14.2. The first-order valence-electron chi connectivity index (χ1n) is 7.66. The van der Waals surface area contributed by atoms with Crippen LogP contribution < -0.4 is 5.59 Å². The van der Waals surface area contributed by atoms with Gasteiger partial charge in [-0.2, -0.15) is 0 Å². The molecule has 0 unspecified atom stereocenters. The summed E-state index contributed by atoms with van der Waals surface area (Å²) >= 11 is 0. The first-order valence-corrected chi connectivity index (χ1v) is 7.66. The predicted octanol–water partition coefficient (Wildman–Crippen LogP) is 2.69. The SMILES string of the molecule is Cc1ccccc1-c1nc(B2OC(C)(C)C(C)(C)O2)cn1C. The predicted molar refractivity (Wildman–Crippen MR) is 89.1 cm³/mol. The van der Waals surface area contributed by atoms with Crippen LogP contribution in [0.25, 0.3) is 11.4 Å². The minimum atomic E-state index is -0.422. The molecule has 0 amide bonds. The number of hydrogen-bond donors (Lipinski definition) is 0. The largest absolute Gasteiger partial charge is 0.516 e. The van der Waals surface area contributed by atoms with Gasteiger partial charge in [0, 0.05) is 18.8 Å². The third-order valence-corrected chi connectivity index (χ3v) is 4.78. The Morgan fingerprint density at radius 1 is 1.05 bits per heavy atom. The minimum Gasteiger partial charge on any atom is -0.398 e. The van der Waals surface area contributed by atoms with Crippen LogP contribution in [0.15, 0.2) is 30.5 Å². The summed E-state index contributed by atoms with van der Waals surface area (Å²) in [7, 11) is 1.58. The molecule has 0 spiro atoms. The number of hydrogen-bond acceptors (Lipinski definition) is 3. The second-order valence-corrected chi connectivity index (χ2v) is 7.00. The Hall–Kier alpha value is -1.59. The number of aromatic nitrogens is 2. The summed E-state index contributed by atoms with van der Waals surface area (Å²) in [5, 5.41) is 0. The van der Waals surface area contributed by atoms with Crippen LogP contribution in [-0.4, -0.2) is 27.9 Å². The zero-order chi connectivity index (χ0) is 16.1. The molecular formula is C17H23BN2O2. The van der Waals surface area contributed by atoms with E-state index in [1.54, 1.807) is 0 Å². The standard InChI is InChI=1S/C17H23BN2O2/c1-12-9-7-8-10-13(12)15-19-14(11-20(15)6)18-21-16(2,3)17(4,5)22-18/h7-11H,1-6H3. The lowest BCUT2D eigenvalue weighted by Gasteiger charge is -2.32. The van der Waals surface area contributed by atoms with Gasteiger partial charge in [0.2, 0.25) is 0 Å². The maximum atomic E-state index is 6.09. The maximum Gasteiger partial charge on any atom is 0.516 e. The van der Waals surface area contributed by atoms with Gasteiger partial charge in [0.25, 0.3) is 0 Å². The average Bonchev–Trinajstić information content (AvgIpc) is 2.89. The van der Waals surface area contributed by atoms with Crippen LogP contribution in [0.4, 0.5) is 0 Å². The van der Waals surface area contributed by atoms with Crippen molar-refractivity contribution in [3.63, 3.8) is 0 Å². The molecule has 1 aromatic carbocycles. The van der Waals surface area contributed by atoms with Crippen molar-refractivity contribution in [2.75, 3.05) is 0 Å². The van der Waals surface area contributed by atoms with E-state index in [9.17, 15) is 0 Å². The lowest BCUT2D eigenvalue weighted by molar-refractivity contribution is 0.00578. The average molecular weight is 298 g/mol. The highest BCUT2D eigenvalue weighted by atomic mass is 16.7. The summed E-state index contributed by atoms with van der Waals surface area (Å²) in [5.41, 5.74) is 2.46. The first kappa shape index (κ1) is 15.3. The van der Waals surface area contributed by atoms with Crippen LogP contribution in [0.2, 0.25) is 0 Å². The smallest absolute Gasteiger partial charge is 0.398 e. The van der Waals surface area contributed by atoms with Crippen LogP contribution in [0, 0.1) is 6.92 Å². The number of benzene rings is 1. The summed E-state index contributed by atoms with van der Waals surface area (Å²) in [6.07, 6.45) is 1.99. The molecule has 0 N–H and O–H groups in total. The molecule has 5 heteroatoms. The monoisotopic (exact) mass is 298 g/mol. The zero-order valence-electron chi connectivity index (χ0n) is 14.2. The second kappa shape index (κ2) is 4.96. The Morgan fingerprint density at radius 3 is 2.23 bits per heavy atom. The van der Waals surface area contributed by atoms with Gasteiger partial charge in [0.15, 0.2) is 0 Å². The molecule has 0 atom stereocenters. The van der Waals surface area contributed by atoms with E-state index in [1.807, 2.05) is 29.9 Å². The van der Waals surface area contributed by atoms with Crippen molar-refractivity contribution >= 4 is 12.7 Å². The minimum absolute atomic E-state index is 0.349. The van der Waals surface area contributed by atoms with Crippen molar-refractivity contribution in [1.82, 2.24) is 9.55 Å². The first-order chi connectivity index (χ1) is 10.2.